The van der Waals surface area contributed by atoms with Gasteiger partial charge in [-0.1, -0.05) is 41.4 Å². The summed E-state index contributed by atoms with van der Waals surface area (Å²) in [6.45, 7) is 1.85. The van der Waals surface area contributed by atoms with E-state index in [-0.39, 0.29) is 53.3 Å². The summed E-state index contributed by atoms with van der Waals surface area (Å²) >= 11 is 12.1. The van der Waals surface area contributed by atoms with Gasteiger partial charge in [-0.15, -0.1) is 0 Å². The van der Waals surface area contributed by atoms with Gasteiger partial charge in [0.05, 0.1) is 27.3 Å². The Morgan fingerprint density at radius 1 is 1.12 bits per heavy atom. The number of carbonyl (C=O) groups is 1. The SMILES string of the molecule is CC1NC2(CCN(S(=O)(=O)c3cccc(Cl)c3Cl)CC2)N(Cc2cccc(C(F)(F)F)c2)C1=O. The second kappa shape index (κ2) is 8.98. The summed E-state index contributed by atoms with van der Waals surface area (Å²) in [5, 5.41) is 3.32. The number of benzene rings is 2. The second-order valence-electron chi connectivity index (χ2n) is 8.48. The molecule has 12 heteroatoms. The summed E-state index contributed by atoms with van der Waals surface area (Å²) in [4.78, 5) is 14.4. The third-order valence-electron chi connectivity index (χ3n) is 6.32. The lowest BCUT2D eigenvalue weighted by Gasteiger charge is -2.44. The van der Waals surface area contributed by atoms with Crippen molar-refractivity contribution in [2.45, 2.75) is 49.1 Å². The van der Waals surface area contributed by atoms with E-state index in [4.69, 9.17) is 23.2 Å². The third kappa shape index (κ3) is 4.54. The van der Waals surface area contributed by atoms with Crippen molar-refractivity contribution in [1.82, 2.24) is 14.5 Å². The number of piperidine rings is 1. The number of halogens is 5. The molecule has 2 heterocycles. The third-order valence-corrected chi connectivity index (χ3v) is 9.19. The predicted octanol–water partition coefficient (Wildman–Crippen LogP) is 4.51. The molecule has 2 aliphatic heterocycles. The molecule has 34 heavy (non-hydrogen) atoms. The Kier molecular flexibility index (Phi) is 6.67. The predicted molar refractivity (Wildman–Crippen MR) is 122 cm³/mol. The van der Waals surface area contributed by atoms with E-state index >= 15 is 0 Å². The lowest BCUT2D eigenvalue weighted by molar-refractivity contribution is -0.137. The van der Waals surface area contributed by atoms with E-state index in [1.165, 1.54) is 33.5 Å². The Balaban J connectivity index is 1.56. The Bertz CT molecular complexity index is 1220. The quantitative estimate of drug-likeness (QED) is 0.625. The van der Waals surface area contributed by atoms with Crippen LogP contribution in [-0.2, 0) is 27.5 Å². The maximum absolute atomic E-state index is 13.2. The van der Waals surface area contributed by atoms with Crippen molar-refractivity contribution in [1.29, 1.82) is 0 Å². The van der Waals surface area contributed by atoms with Gasteiger partial charge in [-0.2, -0.15) is 17.5 Å². The van der Waals surface area contributed by atoms with E-state index in [0.29, 0.717) is 5.56 Å². The zero-order valence-corrected chi connectivity index (χ0v) is 20.4. The van der Waals surface area contributed by atoms with Crippen molar-refractivity contribution in [3.8, 4) is 0 Å². The maximum atomic E-state index is 13.2. The highest BCUT2D eigenvalue weighted by molar-refractivity contribution is 7.89. The smallest absolute Gasteiger partial charge is 0.319 e. The molecule has 1 unspecified atom stereocenters. The molecule has 0 aromatic heterocycles. The molecule has 2 aromatic carbocycles. The Labute approximate surface area is 205 Å². The molecule has 0 saturated carbocycles. The van der Waals surface area contributed by atoms with Crippen molar-refractivity contribution in [2.24, 2.45) is 0 Å². The zero-order chi connectivity index (χ0) is 24.9. The van der Waals surface area contributed by atoms with E-state index in [0.717, 1.165) is 12.1 Å². The highest BCUT2D eigenvalue weighted by Gasteiger charge is 2.51. The van der Waals surface area contributed by atoms with Crippen LogP contribution < -0.4 is 5.32 Å². The molecule has 0 aliphatic carbocycles. The number of hydrogen-bond acceptors (Lipinski definition) is 4. The fourth-order valence-electron chi connectivity index (χ4n) is 4.58. The van der Waals surface area contributed by atoms with E-state index in [2.05, 4.69) is 5.32 Å². The molecule has 1 N–H and O–H groups in total. The van der Waals surface area contributed by atoms with Gasteiger partial charge in [0.15, 0.2) is 0 Å². The van der Waals surface area contributed by atoms with Crippen LogP contribution in [0.1, 0.15) is 30.9 Å². The highest BCUT2D eigenvalue weighted by atomic mass is 35.5. The molecule has 4 rings (SSSR count). The van der Waals surface area contributed by atoms with Gasteiger partial charge < -0.3 is 4.90 Å². The van der Waals surface area contributed by atoms with Gasteiger partial charge in [0.2, 0.25) is 15.9 Å². The zero-order valence-electron chi connectivity index (χ0n) is 18.1. The first kappa shape index (κ1) is 25.2. The fourth-order valence-corrected chi connectivity index (χ4v) is 6.76. The highest BCUT2D eigenvalue weighted by Crippen LogP contribution is 2.38. The maximum Gasteiger partial charge on any atom is 0.416 e. The first-order valence-electron chi connectivity index (χ1n) is 10.5. The van der Waals surface area contributed by atoms with E-state index in [1.807, 2.05) is 0 Å². The molecule has 6 nitrogen and oxygen atoms in total. The second-order valence-corrected chi connectivity index (χ2v) is 11.2. The molecule has 2 fully saturated rings. The number of nitrogens with one attached hydrogen (secondary N) is 1. The number of carbonyl (C=O) groups excluding carboxylic acids is 1. The normalized spacial score (nSPS) is 21.4. The standard InChI is InChI=1S/C22H22Cl2F3N3O3S/c1-14-20(31)30(13-15-4-2-5-16(12-15)22(25,26)27)21(28-14)8-10-29(11-9-21)34(32,33)18-7-3-6-17(23)19(18)24/h2-7,12,14,28H,8-11,13H2,1H3. The summed E-state index contributed by atoms with van der Waals surface area (Å²) in [6.07, 6.45) is -3.96. The van der Waals surface area contributed by atoms with E-state index < -0.39 is 33.5 Å². The molecule has 1 amide bonds. The van der Waals surface area contributed by atoms with Crippen LogP contribution in [0.3, 0.4) is 0 Å². The van der Waals surface area contributed by atoms with Gasteiger partial charge >= 0.3 is 6.18 Å². The van der Waals surface area contributed by atoms with E-state index in [1.54, 1.807) is 13.0 Å². The van der Waals surface area contributed by atoms with Gasteiger partial charge in [0.1, 0.15) is 4.90 Å². The molecule has 0 radical (unpaired) electrons. The van der Waals surface area contributed by atoms with Gasteiger partial charge in [-0.3, -0.25) is 10.1 Å². The lowest BCUT2D eigenvalue weighted by atomic mass is 9.96. The van der Waals surface area contributed by atoms with Crippen LogP contribution in [0.4, 0.5) is 13.2 Å². The van der Waals surface area contributed by atoms with Crippen LogP contribution in [0, 0.1) is 0 Å². The summed E-state index contributed by atoms with van der Waals surface area (Å²) in [7, 11) is -3.93. The van der Waals surface area contributed by atoms with Crippen LogP contribution in [-0.4, -0.2) is 48.3 Å². The molecule has 1 spiro atoms. The average Bonchev–Trinajstić information content (AvgIpc) is 2.99. The van der Waals surface area contributed by atoms with Gasteiger partial charge in [-0.25, -0.2) is 8.42 Å². The monoisotopic (exact) mass is 535 g/mol. The number of nitrogens with zero attached hydrogens (tertiary/aromatic N) is 2. The van der Waals surface area contributed by atoms with Crippen LogP contribution >= 0.6 is 23.2 Å². The Hall–Kier alpha value is -1.85. The molecule has 2 saturated heterocycles. The van der Waals surface area contributed by atoms with Crippen molar-refractivity contribution in [3.63, 3.8) is 0 Å². The summed E-state index contributed by atoms with van der Waals surface area (Å²) in [6, 6.07) is 8.70. The van der Waals surface area contributed by atoms with Gasteiger partial charge in [-0.05, 0) is 49.6 Å². The van der Waals surface area contributed by atoms with Crippen molar-refractivity contribution >= 4 is 39.1 Å². The van der Waals surface area contributed by atoms with Gasteiger partial charge in [0.25, 0.3) is 0 Å². The average molecular weight is 536 g/mol. The first-order valence-corrected chi connectivity index (χ1v) is 12.7. The minimum absolute atomic E-state index is 0.0209. The Morgan fingerprint density at radius 3 is 2.41 bits per heavy atom. The molecule has 0 bridgehead atoms. The van der Waals surface area contributed by atoms with Crippen LogP contribution in [0.15, 0.2) is 47.4 Å². The van der Waals surface area contributed by atoms with Crippen molar-refractivity contribution in [3.05, 3.63) is 63.6 Å². The fraction of sp³-hybridized carbons (Fsp3) is 0.409. The molecule has 2 aliphatic rings. The summed E-state index contributed by atoms with van der Waals surface area (Å²) in [5.74, 6) is -0.244. The number of sulfonamides is 1. The molecule has 184 valence electrons. The molecule has 2 aromatic rings. The number of alkyl halides is 3. The number of hydrogen-bond donors (Lipinski definition) is 1. The number of rotatable bonds is 4. The minimum Gasteiger partial charge on any atom is -0.319 e. The Morgan fingerprint density at radius 2 is 1.76 bits per heavy atom. The van der Waals surface area contributed by atoms with Crippen molar-refractivity contribution in [2.75, 3.05) is 13.1 Å². The molecular formula is C22H22Cl2F3N3O3S. The molecule has 1 atom stereocenters. The van der Waals surface area contributed by atoms with Gasteiger partial charge in [0, 0.05) is 19.6 Å². The lowest BCUT2D eigenvalue weighted by Crippen LogP contribution is -2.59. The topological polar surface area (TPSA) is 69.7 Å². The summed E-state index contributed by atoms with van der Waals surface area (Å²) < 4.78 is 67.1. The van der Waals surface area contributed by atoms with Crippen LogP contribution in [0.5, 0.6) is 0 Å². The van der Waals surface area contributed by atoms with E-state index in [9.17, 15) is 26.4 Å². The molecular weight excluding hydrogens is 514 g/mol. The van der Waals surface area contributed by atoms with Crippen LogP contribution in [0.25, 0.3) is 0 Å². The van der Waals surface area contributed by atoms with Crippen LogP contribution in [0.2, 0.25) is 10.0 Å². The number of amides is 1. The first-order chi connectivity index (χ1) is 15.8. The van der Waals surface area contributed by atoms with Crippen molar-refractivity contribution < 1.29 is 26.4 Å². The minimum atomic E-state index is -4.49. The summed E-state index contributed by atoms with van der Waals surface area (Å²) in [5.41, 5.74) is -1.31. The largest absolute Gasteiger partial charge is 0.416 e.